The molecule has 7 nitrogen and oxygen atoms in total. The number of hydrogen-bond acceptors (Lipinski definition) is 7. The predicted octanol–water partition coefficient (Wildman–Crippen LogP) is -1.32. The Morgan fingerprint density at radius 1 is 0.556 bits per heavy atom. The molecule has 0 rings (SSSR count). The zero-order valence-corrected chi connectivity index (χ0v) is 25.2. The van der Waals surface area contributed by atoms with Crippen LogP contribution in [0.4, 0.5) is 0 Å². The van der Waals surface area contributed by atoms with E-state index in [2.05, 4.69) is 20.8 Å². The first-order valence-corrected chi connectivity index (χ1v) is 15.2. The van der Waals surface area contributed by atoms with Crippen LogP contribution in [0.1, 0.15) is 20.8 Å². The van der Waals surface area contributed by atoms with Gasteiger partial charge in [0, 0.05) is 42.7 Å². The molecule has 0 aromatic heterocycles. The third kappa shape index (κ3) is 7.73. The molecule has 0 aromatic rings. The van der Waals surface area contributed by atoms with Crippen LogP contribution in [-0.2, 0) is 32.8 Å². The first kappa shape index (κ1) is 27.6. The quantitative estimate of drug-likeness (QED) is 0.210. The second kappa shape index (κ2) is 14.6. The van der Waals surface area contributed by atoms with E-state index in [1.54, 1.807) is 42.7 Å². The van der Waals surface area contributed by atoms with Crippen LogP contribution >= 0.6 is 0 Å². The number of ether oxygens (including phenoxy) is 6. The van der Waals surface area contributed by atoms with Gasteiger partial charge in [-0.3, -0.25) is 0 Å². The fraction of sp³-hybridized carbons (Fsp3) is 1.00. The lowest BCUT2D eigenvalue weighted by Crippen LogP contribution is -2.52. The Hall–Kier alpha value is 0.588. The van der Waals surface area contributed by atoms with E-state index in [0.29, 0.717) is 27.1 Å². The van der Waals surface area contributed by atoms with Gasteiger partial charge in [0.05, 0.1) is 34.2 Å². The minimum absolute atomic E-state index is 0.111. The number of methoxy groups -OCH3 is 6. The summed E-state index contributed by atoms with van der Waals surface area (Å²) in [6.45, 7) is 6.90. The number of rotatable bonds is 16. The molecule has 27 heavy (non-hydrogen) atoms. The fourth-order valence-electron chi connectivity index (χ4n) is 4.35. The summed E-state index contributed by atoms with van der Waals surface area (Å²) < 4.78 is 39.7. The highest BCUT2D eigenvalue weighted by Gasteiger charge is 2.47. The Balaban J connectivity index is 5.76. The molecule has 3 atom stereocenters. The van der Waals surface area contributed by atoms with Crippen LogP contribution in [0.15, 0.2) is 0 Å². The summed E-state index contributed by atoms with van der Waals surface area (Å²) in [5.41, 5.74) is 0.924. The lowest BCUT2D eigenvalue weighted by molar-refractivity contribution is -0.0540. The molecule has 0 N–H and O–H groups in total. The Labute approximate surface area is 175 Å². The van der Waals surface area contributed by atoms with E-state index < -0.39 is 28.6 Å². The van der Waals surface area contributed by atoms with Crippen molar-refractivity contribution in [1.29, 1.82) is 0 Å². The molecule has 0 aliphatic heterocycles. The summed E-state index contributed by atoms with van der Waals surface area (Å²) in [5.74, 6) is -0.333. The highest BCUT2D eigenvalue weighted by atomic mass is 28.2. The summed E-state index contributed by atoms with van der Waals surface area (Å²) in [7, 11) is 8.82. The van der Waals surface area contributed by atoms with Gasteiger partial charge >= 0.3 is 0 Å². The minimum atomic E-state index is -0.710. The van der Waals surface area contributed by atoms with E-state index in [9.17, 15) is 0 Å². The average molecular weight is 459 g/mol. The molecule has 0 radical (unpaired) electrons. The second-order valence-corrected chi connectivity index (χ2v) is 14.7. The van der Waals surface area contributed by atoms with Crippen molar-refractivity contribution in [2.45, 2.75) is 60.7 Å². The maximum atomic E-state index is 6.50. The van der Waals surface area contributed by atoms with Crippen molar-refractivity contribution < 1.29 is 32.8 Å². The molecule has 0 aliphatic rings. The van der Waals surface area contributed by atoms with Gasteiger partial charge in [0.25, 0.3) is 0 Å². The predicted molar refractivity (Wildman–Crippen MR) is 121 cm³/mol. The molecule has 164 valence electrons. The standard InChI is InChI=1S/C16H42O7Si4/c1-10(25-13(17-4)18-5)16(23-24,11(2)26-14(19-6)20-7)12(3)27-15(21-8)22-9/h10-15H,25-27H2,1-9,24H3. The summed E-state index contributed by atoms with van der Waals surface area (Å²) >= 11 is 0. The summed E-state index contributed by atoms with van der Waals surface area (Å²) in [5, 5.41) is 0. The molecule has 0 saturated carbocycles. The van der Waals surface area contributed by atoms with Gasteiger partial charge in [0.15, 0.2) is 0 Å². The van der Waals surface area contributed by atoms with Gasteiger partial charge in [-0.05, 0) is 16.6 Å². The van der Waals surface area contributed by atoms with Crippen molar-refractivity contribution in [3.63, 3.8) is 0 Å². The molecule has 0 fully saturated rings. The van der Waals surface area contributed by atoms with Crippen molar-refractivity contribution >= 4 is 39.0 Å². The van der Waals surface area contributed by atoms with Gasteiger partial charge in [-0.2, -0.15) is 0 Å². The molecule has 0 aromatic carbocycles. The van der Waals surface area contributed by atoms with Gasteiger partial charge < -0.3 is 32.8 Å². The molecule has 3 unspecified atom stereocenters. The van der Waals surface area contributed by atoms with E-state index in [-0.39, 0.29) is 23.3 Å². The van der Waals surface area contributed by atoms with Gasteiger partial charge in [0.1, 0.15) is 28.2 Å². The van der Waals surface area contributed by atoms with Crippen molar-refractivity contribution in [1.82, 2.24) is 0 Å². The number of hydrogen-bond donors (Lipinski definition) is 0. The molecule has 0 saturated heterocycles. The van der Waals surface area contributed by atoms with E-state index in [4.69, 9.17) is 32.8 Å². The molecule has 0 bridgehead atoms. The van der Waals surface area contributed by atoms with Gasteiger partial charge in [-0.1, -0.05) is 20.8 Å². The zero-order valence-electron chi connectivity index (χ0n) is 18.9. The van der Waals surface area contributed by atoms with Crippen LogP contribution in [-0.4, -0.2) is 105 Å². The van der Waals surface area contributed by atoms with E-state index in [0.717, 1.165) is 0 Å². The van der Waals surface area contributed by atoms with E-state index in [1.165, 1.54) is 0 Å². The van der Waals surface area contributed by atoms with Gasteiger partial charge in [-0.25, -0.2) is 0 Å². The Kier molecular flexibility index (Phi) is 14.9. The van der Waals surface area contributed by atoms with E-state index in [1.807, 2.05) is 0 Å². The second-order valence-electron chi connectivity index (χ2n) is 7.17. The Morgan fingerprint density at radius 3 is 0.926 bits per heavy atom. The monoisotopic (exact) mass is 458 g/mol. The maximum Gasteiger partial charge on any atom is 0.146 e. The van der Waals surface area contributed by atoms with Crippen LogP contribution < -0.4 is 0 Å². The lowest BCUT2D eigenvalue weighted by atomic mass is 9.92. The van der Waals surface area contributed by atoms with Crippen LogP contribution in [0.25, 0.3) is 0 Å². The third-order valence-electron chi connectivity index (χ3n) is 5.88. The van der Waals surface area contributed by atoms with Crippen LogP contribution in [0.5, 0.6) is 0 Å². The Morgan fingerprint density at radius 2 is 0.778 bits per heavy atom. The highest BCUT2D eigenvalue weighted by molar-refractivity contribution is 6.45. The smallest absolute Gasteiger partial charge is 0.146 e. The van der Waals surface area contributed by atoms with Crippen molar-refractivity contribution in [2.24, 2.45) is 0 Å². The van der Waals surface area contributed by atoms with Gasteiger partial charge in [-0.15, -0.1) is 0 Å². The first-order valence-electron chi connectivity index (χ1n) is 9.52. The molecule has 0 heterocycles. The fourth-order valence-corrected chi connectivity index (χ4v) is 14.5. The molecular weight excluding hydrogens is 417 g/mol. The largest absolute Gasteiger partial charge is 0.423 e. The minimum Gasteiger partial charge on any atom is -0.423 e. The SMILES string of the molecule is COC(OC)[SiH2]C(C)C(O[SiH3])(C(C)[SiH2]C(OC)OC)C(C)[SiH2]C(OC)OC. The molecular formula is C16H42O7Si4. The topological polar surface area (TPSA) is 64.6 Å². The first-order chi connectivity index (χ1) is 12.8. The summed E-state index contributed by atoms with van der Waals surface area (Å²) in [6.07, 6.45) is 0. The molecule has 11 heteroatoms. The van der Waals surface area contributed by atoms with Crippen LogP contribution in [0.3, 0.4) is 0 Å². The van der Waals surface area contributed by atoms with Crippen molar-refractivity contribution in [2.75, 3.05) is 42.7 Å². The summed E-state index contributed by atoms with van der Waals surface area (Å²) in [6, 6.07) is 0. The molecule has 0 spiro atoms. The zero-order chi connectivity index (χ0) is 21.0. The maximum absolute atomic E-state index is 6.50. The van der Waals surface area contributed by atoms with Crippen molar-refractivity contribution in [3.05, 3.63) is 0 Å². The van der Waals surface area contributed by atoms with Crippen molar-refractivity contribution in [3.8, 4) is 0 Å². The normalized spacial score (nSPS) is 19.6. The lowest BCUT2D eigenvalue weighted by Gasteiger charge is -2.49. The van der Waals surface area contributed by atoms with E-state index >= 15 is 0 Å². The third-order valence-corrected chi connectivity index (χ3v) is 13.8. The van der Waals surface area contributed by atoms with Gasteiger partial charge in [0.2, 0.25) is 0 Å². The van der Waals surface area contributed by atoms with Crippen LogP contribution in [0, 0.1) is 0 Å². The summed E-state index contributed by atoms with van der Waals surface area (Å²) in [4.78, 5) is 0. The molecule has 0 amide bonds. The van der Waals surface area contributed by atoms with Crippen LogP contribution in [0.2, 0.25) is 16.6 Å². The highest BCUT2D eigenvalue weighted by Crippen LogP contribution is 2.47. The average Bonchev–Trinajstić information content (AvgIpc) is 2.68. The molecule has 0 aliphatic carbocycles. The Bertz CT molecular complexity index is 318.